The molecule has 0 aliphatic carbocycles. The van der Waals surface area contributed by atoms with Crippen LogP contribution < -0.4 is 10.9 Å². The molecule has 1 atom stereocenters. The highest BCUT2D eigenvalue weighted by atomic mass is 32.2. The second-order valence-electron chi connectivity index (χ2n) is 6.80. The summed E-state index contributed by atoms with van der Waals surface area (Å²) in [4.78, 5) is 42.6. The lowest BCUT2D eigenvalue weighted by molar-refractivity contribution is -0.384. The number of carbonyl (C=O) groups is 1. The molecule has 0 fully saturated rings. The zero-order valence-corrected chi connectivity index (χ0v) is 19.6. The first-order valence-electron chi connectivity index (χ1n) is 9.67. The molecule has 0 saturated carbocycles. The van der Waals surface area contributed by atoms with Gasteiger partial charge in [0.25, 0.3) is 11.2 Å². The number of nitrogens with one attached hydrogen (secondary N) is 1. The standard InChI is InChI=1S/C21H18N4O4S3/c1-3-24-20(27)17-15(16-5-4-10-30-16)11-31-19(17)23-21(24)32-12(2)18(26)22-13-6-8-14(9-7-13)25(28)29/h4-12H,3H2,1-2H3,(H,22,26). The molecule has 0 aliphatic rings. The molecular weight excluding hydrogens is 468 g/mol. The van der Waals surface area contributed by atoms with Crippen molar-refractivity contribution in [2.75, 3.05) is 5.32 Å². The number of carbonyl (C=O) groups excluding carboxylic acids is 1. The van der Waals surface area contributed by atoms with Crippen LogP contribution in [0.5, 0.6) is 0 Å². The first kappa shape index (κ1) is 22.2. The van der Waals surface area contributed by atoms with Crippen molar-refractivity contribution in [3.63, 3.8) is 0 Å². The van der Waals surface area contributed by atoms with E-state index in [0.717, 1.165) is 10.4 Å². The zero-order chi connectivity index (χ0) is 22.8. The van der Waals surface area contributed by atoms with Crippen molar-refractivity contribution < 1.29 is 9.72 Å². The van der Waals surface area contributed by atoms with E-state index in [9.17, 15) is 19.7 Å². The third-order valence-electron chi connectivity index (χ3n) is 4.76. The lowest BCUT2D eigenvalue weighted by Gasteiger charge is -2.15. The monoisotopic (exact) mass is 486 g/mol. The van der Waals surface area contributed by atoms with Crippen molar-refractivity contribution in [1.29, 1.82) is 0 Å². The fraction of sp³-hybridized carbons (Fsp3) is 0.190. The third-order valence-corrected chi connectivity index (χ3v) is 7.62. The van der Waals surface area contributed by atoms with Gasteiger partial charge in [0.05, 0.1) is 15.6 Å². The van der Waals surface area contributed by atoms with Gasteiger partial charge in [0.15, 0.2) is 5.16 Å². The summed E-state index contributed by atoms with van der Waals surface area (Å²) in [6.07, 6.45) is 0. The Balaban J connectivity index is 1.58. The van der Waals surface area contributed by atoms with E-state index >= 15 is 0 Å². The maximum Gasteiger partial charge on any atom is 0.269 e. The van der Waals surface area contributed by atoms with Crippen LogP contribution in [0.1, 0.15) is 13.8 Å². The molecular formula is C21H18N4O4S3. The Labute approximate surface area is 195 Å². The molecule has 3 aromatic heterocycles. The van der Waals surface area contributed by atoms with Gasteiger partial charge in [0, 0.05) is 40.2 Å². The summed E-state index contributed by atoms with van der Waals surface area (Å²) in [6, 6.07) is 9.56. The Morgan fingerprint density at radius 3 is 2.66 bits per heavy atom. The number of rotatable bonds is 7. The van der Waals surface area contributed by atoms with E-state index in [1.165, 1.54) is 47.4 Å². The van der Waals surface area contributed by atoms with Crippen molar-refractivity contribution in [1.82, 2.24) is 9.55 Å². The number of hydrogen-bond donors (Lipinski definition) is 1. The van der Waals surface area contributed by atoms with Gasteiger partial charge >= 0.3 is 0 Å². The highest BCUT2D eigenvalue weighted by Gasteiger charge is 2.21. The van der Waals surface area contributed by atoms with Crippen molar-refractivity contribution in [3.8, 4) is 10.4 Å². The maximum absolute atomic E-state index is 13.3. The first-order chi connectivity index (χ1) is 15.4. The molecule has 3 heterocycles. The minimum Gasteiger partial charge on any atom is -0.325 e. The SMILES string of the molecule is CCn1c(SC(C)C(=O)Nc2ccc([N+](=O)[O-])cc2)nc2scc(-c3cccs3)c2c1=O. The number of nitrogens with zero attached hydrogens (tertiary/aromatic N) is 3. The molecule has 4 rings (SSSR count). The number of benzene rings is 1. The van der Waals surface area contributed by atoms with Gasteiger partial charge < -0.3 is 5.32 Å². The predicted molar refractivity (Wildman–Crippen MR) is 130 cm³/mol. The summed E-state index contributed by atoms with van der Waals surface area (Å²) >= 11 is 4.20. The molecule has 0 radical (unpaired) electrons. The van der Waals surface area contributed by atoms with E-state index in [-0.39, 0.29) is 17.2 Å². The second-order valence-corrected chi connectivity index (χ2v) is 9.92. The minimum absolute atomic E-state index is 0.0484. The Hall–Kier alpha value is -3.02. The Kier molecular flexibility index (Phi) is 6.40. The van der Waals surface area contributed by atoms with Gasteiger partial charge in [-0.2, -0.15) is 0 Å². The normalized spacial score (nSPS) is 12.1. The number of non-ortho nitro benzene ring substituents is 1. The van der Waals surface area contributed by atoms with Gasteiger partial charge in [-0.1, -0.05) is 17.8 Å². The zero-order valence-electron chi connectivity index (χ0n) is 17.1. The summed E-state index contributed by atoms with van der Waals surface area (Å²) in [6.45, 7) is 4.03. The minimum atomic E-state index is -0.538. The quantitative estimate of drug-likeness (QED) is 0.166. The molecule has 0 aliphatic heterocycles. The van der Waals surface area contributed by atoms with Crippen molar-refractivity contribution in [3.05, 3.63) is 67.6 Å². The lowest BCUT2D eigenvalue weighted by Crippen LogP contribution is -2.26. The van der Waals surface area contributed by atoms with Crippen LogP contribution in [-0.2, 0) is 11.3 Å². The Bertz CT molecular complexity index is 1340. The van der Waals surface area contributed by atoms with Crippen LogP contribution in [0.15, 0.2) is 57.1 Å². The number of aromatic nitrogens is 2. The van der Waals surface area contributed by atoms with Crippen molar-refractivity contribution in [2.45, 2.75) is 30.8 Å². The number of anilines is 1. The number of nitro benzene ring substituents is 1. The van der Waals surface area contributed by atoms with Crippen LogP contribution in [0.25, 0.3) is 20.7 Å². The summed E-state index contributed by atoms with van der Waals surface area (Å²) in [5.74, 6) is -0.286. The van der Waals surface area contributed by atoms with Crippen LogP contribution in [0.4, 0.5) is 11.4 Å². The smallest absolute Gasteiger partial charge is 0.269 e. The van der Waals surface area contributed by atoms with Crippen LogP contribution in [0.2, 0.25) is 0 Å². The maximum atomic E-state index is 13.3. The van der Waals surface area contributed by atoms with Crippen molar-refractivity contribution >= 4 is 61.9 Å². The molecule has 0 saturated heterocycles. The van der Waals surface area contributed by atoms with Gasteiger partial charge in [-0.05, 0) is 37.4 Å². The summed E-state index contributed by atoms with van der Waals surface area (Å²) in [5.41, 5.74) is 1.18. The number of fused-ring (bicyclic) bond motifs is 1. The molecule has 0 bridgehead atoms. The van der Waals surface area contributed by atoms with Gasteiger partial charge in [-0.15, -0.1) is 22.7 Å². The van der Waals surface area contributed by atoms with E-state index in [1.807, 2.05) is 29.8 Å². The van der Waals surface area contributed by atoms with E-state index in [1.54, 1.807) is 22.8 Å². The van der Waals surface area contributed by atoms with Crippen LogP contribution >= 0.6 is 34.4 Å². The molecule has 1 N–H and O–H groups in total. The number of amides is 1. The summed E-state index contributed by atoms with van der Waals surface area (Å²) < 4.78 is 1.59. The number of thiophene rings is 2. The molecule has 4 aromatic rings. The Morgan fingerprint density at radius 2 is 2.03 bits per heavy atom. The largest absolute Gasteiger partial charge is 0.325 e. The third kappa shape index (κ3) is 4.31. The van der Waals surface area contributed by atoms with Gasteiger partial charge in [-0.3, -0.25) is 24.3 Å². The van der Waals surface area contributed by atoms with Crippen molar-refractivity contribution in [2.24, 2.45) is 0 Å². The summed E-state index contributed by atoms with van der Waals surface area (Å²) in [5, 5.41) is 18.0. The lowest BCUT2D eigenvalue weighted by atomic mass is 10.2. The highest BCUT2D eigenvalue weighted by molar-refractivity contribution is 8.00. The van der Waals surface area contributed by atoms with Gasteiger partial charge in [0.1, 0.15) is 4.83 Å². The topological polar surface area (TPSA) is 107 Å². The fourth-order valence-electron chi connectivity index (χ4n) is 3.11. The van der Waals surface area contributed by atoms with Gasteiger partial charge in [0.2, 0.25) is 5.91 Å². The fourth-order valence-corrected chi connectivity index (χ4v) is 5.88. The number of nitro groups is 1. The number of thioether (sulfide) groups is 1. The van der Waals surface area contributed by atoms with E-state index in [0.29, 0.717) is 27.6 Å². The van der Waals surface area contributed by atoms with Crippen LogP contribution in [0, 0.1) is 10.1 Å². The Morgan fingerprint density at radius 1 is 1.28 bits per heavy atom. The highest BCUT2D eigenvalue weighted by Crippen LogP contribution is 2.35. The van der Waals surface area contributed by atoms with E-state index < -0.39 is 10.2 Å². The van der Waals surface area contributed by atoms with Gasteiger partial charge in [-0.25, -0.2) is 4.98 Å². The molecule has 11 heteroatoms. The molecule has 1 aromatic carbocycles. The molecule has 8 nitrogen and oxygen atoms in total. The van der Waals surface area contributed by atoms with Crippen LogP contribution in [-0.4, -0.2) is 25.6 Å². The summed E-state index contributed by atoms with van der Waals surface area (Å²) in [7, 11) is 0. The second kappa shape index (κ2) is 9.23. The van der Waals surface area contributed by atoms with Crippen LogP contribution in [0.3, 0.4) is 0 Å². The molecule has 1 amide bonds. The van der Waals surface area contributed by atoms with E-state index in [4.69, 9.17) is 4.98 Å². The average Bonchev–Trinajstić information content (AvgIpc) is 3.44. The molecule has 32 heavy (non-hydrogen) atoms. The molecule has 164 valence electrons. The first-order valence-corrected chi connectivity index (χ1v) is 12.3. The van der Waals surface area contributed by atoms with E-state index in [2.05, 4.69) is 5.32 Å². The number of hydrogen-bond acceptors (Lipinski definition) is 8. The average molecular weight is 487 g/mol. The molecule has 0 spiro atoms. The predicted octanol–water partition coefficient (Wildman–Crippen LogP) is 5.23. The molecule has 1 unspecified atom stereocenters.